The number of halogens is 1. The van der Waals surface area contributed by atoms with Crippen LogP contribution < -0.4 is 5.32 Å². The highest BCUT2D eigenvalue weighted by atomic mass is 35.5. The lowest BCUT2D eigenvalue weighted by atomic mass is 9.79. The van der Waals surface area contributed by atoms with Gasteiger partial charge in [-0.25, -0.2) is 0 Å². The van der Waals surface area contributed by atoms with Crippen LogP contribution in [-0.2, 0) is 4.79 Å². The highest BCUT2D eigenvalue weighted by Gasteiger charge is 2.38. The Balaban J connectivity index is 1.29. The minimum Gasteiger partial charge on any atom is -0.411 e. The first-order valence-electron chi connectivity index (χ1n) is 10.9. The summed E-state index contributed by atoms with van der Waals surface area (Å²) in [5, 5.41) is 12.4. The molecule has 1 N–H and O–H groups in total. The zero-order chi connectivity index (χ0) is 20.8. The Morgan fingerprint density at radius 1 is 1.07 bits per heavy atom. The first kappa shape index (κ1) is 21.7. The van der Waals surface area contributed by atoms with E-state index in [0.717, 1.165) is 12.1 Å². The summed E-state index contributed by atoms with van der Waals surface area (Å²) < 4.78 is 5.68. The van der Waals surface area contributed by atoms with Gasteiger partial charge in [0.1, 0.15) is 0 Å². The highest BCUT2D eigenvalue weighted by molar-refractivity contribution is 7.99. The van der Waals surface area contributed by atoms with Gasteiger partial charge in [-0.15, -0.1) is 10.2 Å². The normalized spacial score (nSPS) is 19.5. The average Bonchev–Trinajstić information content (AvgIpc) is 3.27. The minimum absolute atomic E-state index is 0.0215. The Hall–Kier alpha value is -1.57. The van der Waals surface area contributed by atoms with E-state index in [1.165, 1.54) is 76.2 Å². The van der Waals surface area contributed by atoms with E-state index in [-0.39, 0.29) is 17.2 Å². The van der Waals surface area contributed by atoms with Crippen molar-refractivity contribution in [3.05, 3.63) is 29.3 Å². The lowest BCUT2D eigenvalue weighted by Crippen LogP contribution is -2.58. The zero-order valence-electron chi connectivity index (χ0n) is 17.2. The number of nitrogens with zero attached hydrogens (tertiary/aromatic N) is 3. The van der Waals surface area contributed by atoms with Gasteiger partial charge >= 0.3 is 0 Å². The van der Waals surface area contributed by atoms with Gasteiger partial charge in [0, 0.05) is 22.7 Å². The highest BCUT2D eigenvalue weighted by Crippen LogP contribution is 2.35. The lowest BCUT2D eigenvalue weighted by molar-refractivity contribution is -0.119. The summed E-state index contributed by atoms with van der Waals surface area (Å²) in [6.07, 6.45) is 10.1. The second kappa shape index (κ2) is 10.2. The average molecular weight is 449 g/mol. The molecule has 2 fully saturated rings. The topological polar surface area (TPSA) is 71.3 Å². The van der Waals surface area contributed by atoms with Gasteiger partial charge in [-0.3, -0.25) is 9.69 Å². The Morgan fingerprint density at radius 2 is 1.77 bits per heavy atom. The fourth-order valence-electron chi connectivity index (χ4n) is 4.60. The van der Waals surface area contributed by atoms with Crippen LogP contribution in [0.15, 0.2) is 33.9 Å². The third-order valence-electron chi connectivity index (χ3n) is 6.25. The van der Waals surface area contributed by atoms with Gasteiger partial charge < -0.3 is 9.73 Å². The third kappa shape index (κ3) is 5.37. The van der Waals surface area contributed by atoms with Crippen LogP contribution >= 0.6 is 23.4 Å². The number of hydrogen-bond acceptors (Lipinski definition) is 6. The summed E-state index contributed by atoms with van der Waals surface area (Å²) in [5.74, 6) is 0.729. The Kier molecular flexibility index (Phi) is 7.33. The summed E-state index contributed by atoms with van der Waals surface area (Å²) >= 11 is 7.19. The van der Waals surface area contributed by atoms with Gasteiger partial charge in [-0.1, -0.05) is 49.0 Å². The molecule has 1 amide bonds. The van der Waals surface area contributed by atoms with E-state index in [1.807, 2.05) is 12.1 Å². The van der Waals surface area contributed by atoms with Crippen LogP contribution in [-0.4, -0.2) is 51.9 Å². The Bertz CT molecular complexity index is 830. The molecule has 2 aromatic rings. The predicted octanol–water partition coefficient (Wildman–Crippen LogP) is 4.79. The van der Waals surface area contributed by atoms with Crippen molar-refractivity contribution in [2.24, 2.45) is 0 Å². The molecule has 1 aliphatic carbocycles. The Morgan fingerprint density at radius 3 is 2.50 bits per heavy atom. The first-order chi connectivity index (χ1) is 14.6. The summed E-state index contributed by atoms with van der Waals surface area (Å²) in [6, 6.07) is 7.23. The van der Waals surface area contributed by atoms with Crippen LogP contribution in [0.4, 0.5) is 0 Å². The van der Waals surface area contributed by atoms with Crippen molar-refractivity contribution in [1.82, 2.24) is 20.4 Å². The molecule has 0 radical (unpaired) electrons. The van der Waals surface area contributed by atoms with E-state index in [1.54, 1.807) is 12.1 Å². The van der Waals surface area contributed by atoms with Gasteiger partial charge in [0.05, 0.1) is 5.75 Å². The number of likely N-dealkylation sites (tertiary alicyclic amines) is 1. The summed E-state index contributed by atoms with van der Waals surface area (Å²) in [4.78, 5) is 15.2. The largest absolute Gasteiger partial charge is 0.411 e. The molecule has 1 saturated carbocycles. The van der Waals surface area contributed by atoms with Crippen molar-refractivity contribution in [2.45, 2.75) is 62.1 Å². The van der Waals surface area contributed by atoms with E-state index in [4.69, 9.17) is 16.0 Å². The maximum atomic E-state index is 12.5. The number of thioether (sulfide) groups is 1. The van der Waals surface area contributed by atoms with Crippen molar-refractivity contribution >= 4 is 29.3 Å². The first-order valence-corrected chi connectivity index (χ1v) is 12.3. The molecule has 1 aromatic carbocycles. The number of amides is 1. The summed E-state index contributed by atoms with van der Waals surface area (Å²) in [7, 11) is 0. The predicted molar refractivity (Wildman–Crippen MR) is 120 cm³/mol. The molecular formula is C22H29ClN4O2S. The van der Waals surface area contributed by atoms with E-state index < -0.39 is 0 Å². The molecule has 1 aliphatic heterocycles. The molecule has 0 bridgehead atoms. The molecule has 0 unspecified atom stereocenters. The summed E-state index contributed by atoms with van der Waals surface area (Å²) in [5.41, 5.74) is 0.953. The van der Waals surface area contributed by atoms with Gasteiger partial charge in [-0.2, -0.15) is 0 Å². The molecule has 2 aliphatic rings. The van der Waals surface area contributed by atoms with E-state index >= 15 is 0 Å². The molecule has 6 nitrogen and oxygen atoms in total. The number of benzene rings is 1. The minimum atomic E-state index is 0.0215. The molecule has 8 heteroatoms. The van der Waals surface area contributed by atoms with E-state index in [0.29, 0.717) is 16.1 Å². The number of aromatic nitrogens is 2. The summed E-state index contributed by atoms with van der Waals surface area (Å²) in [6.45, 7) is 3.08. The fourth-order valence-corrected chi connectivity index (χ4v) is 5.32. The van der Waals surface area contributed by atoms with Crippen molar-refractivity contribution in [3.63, 3.8) is 0 Å². The maximum Gasteiger partial charge on any atom is 0.277 e. The van der Waals surface area contributed by atoms with Crippen molar-refractivity contribution in [1.29, 1.82) is 0 Å². The Labute approximate surface area is 187 Å². The molecule has 30 heavy (non-hydrogen) atoms. The van der Waals surface area contributed by atoms with E-state index in [2.05, 4.69) is 20.4 Å². The van der Waals surface area contributed by atoms with Gasteiger partial charge in [0.15, 0.2) is 0 Å². The molecule has 162 valence electrons. The molecule has 0 spiro atoms. The number of carbonyl (C=O) groups is 1. The monoisotopic (exact) mass is 448 g/mol. The molecule has 4 rings (SSSR count). The molecule has 1 saturated heterocycles. The maximum absolute atomic E-state index is 12.5. The molecule has 2 heterocycles. The van der Waals surface area contributed by atoms with Crippen LogP contribution in [0.25, 0.3) is 11.5 Å². The van der Waals surface area contributed by atoms with Crippen molar-refractivity contribution < 1.29 is 9.21 Å². The standard InChI is InChI=1S/C22H29ClN4O2S/c23-18-9-7-17(8-10-18)20-25-26-21(29-20)30-15-19(28)24-16-22(11-3-1-4-12-22)27-13-5-2-6-14-27/h7-10H,1-6,11-16H2,(H,24,28). The second-order valence-electron chi connectivity index (χ2n) is 8.28. The molecular weight excluding hydrogens is 420 g/mol. The quantitative estimate of drug-likeness (QED) is 0.614. The van der Waals surface area contributed by atoms with Crippen molar-refractivity contribution in [2.75, 3.05) is 25.4 Å². The van der Waals surface area contributed by atoms with Crippen LogP contribution in [0.2, 0.25) is 5.02 Å². The zero-order valence-corrected chi connectivity index (χ0v) is 18.8. The number of piperidine rings is 1. The van der Waals surface area contributed by atoms with Crippen LogP contribution in [0, 0.1) is 0 Å². The van der Waals surface area contributed by atoms with Gasteiger partial charge in [0.25, 0.3) is 5.22 Å². The van der Waals surface area contributed by atoms with Gasteiger partial charge in [0.2, 0.25) is 11.8 Å². The molecule has 1 aromatic heterocycles. The SMILES string of the molecule is O=C(CSc1nnc(-c2ccc(Cl)cc2)o1)NCC1(N2CCCCC2)CCCCC1. The fraction of sp³-hybridized carbons (Fsp3) is 0.591. The number of carbonyl (C=O) groups excluding carboxylic acids is 1. The van der Waals surface area contributed by atoms with Crippen LogP contribution in [0.1, 0.15) is 51.4 Å². The number of rotatable bonds is 7. The molecule has 0 atom stereocenters. The number of nitrogens with one attached hydrogen (secondary N) is 1. The lowest BCUT2D eigenvalue weighted by Gasteiger charge is -2.48. The third-order valence-corrected chi connectivity index (χ3v) is 7.32. The van der Waals surface area contributed by atoms with Gasteiger partial charge in [-0.05, 0) is 63.0 Å². The smallest absolute Gasteiger partial charge is 0.277 e. The van der Waals surface area contributed by atoms with Crippen LogP contribution in [0.3, 0.4) is 0 Å². The number of hydrogen-bond donors (Lipinski definition) is 1. The van der Waals surface area contributed by atoms with Crippen LogP contribution in [0.5, 0.6) is 0 Å². The second-order valence-corrected chi connectivity index (χ2v) is 9.64. The van der Waals surface area contributed by atoms with Crippen molar-refractivity contribution in [3.8, 4) is 11.5 Å². The van der Waals surface area contributed by atoms with E-state index in [9.17, 15) is 4.79 Å².